The minimum absolute atomic E-state index is 0.00901. The molecule has 1 amide bonds. The molecule has 0 aromatic carbocycles. The molecule has 0 aliphatic carbocycles. The first-order chi connectivity index (χ1) is 10.9. The number of hydrogen-bond acceptors (Lipinski definition) is 8. The quantitative estimate of drug-likeness (QED) is 0.781. The fraction of sp³-hybridized carbons (Fsp3) is 0.308. The number of carbonyl (C=O) groups is 2. The molecular formula is C13H14N4O4S2. The molecule has 2 heterocycles. The summed E-state index contributed by atoms with van der Waals surface area (Å²) < 4.78 is 4.64. The largest absolute Gasteiger partial charge is 0.465 e. The maximum absolute atomic E-state index is 12.2. The van der Waals surface area contributed by atoms with Crippen LogP contribution >= 0.6 is 23.1 Å². The molecule has 2 N–H and O–H groups in total. The van der Waals surface area contributed by atoms with Crippen LogP contribution in [-0.4, -0.2) is 40.2 Å². The number of ether oxygens (including phenoxy) is 1. The summed E-state index contributed by atoms with van der Waals surface area (Å²) in [5.74, 6) is -0.180. The molecule has 0 radical (unpaired) electrons. The van der Waals surface area contributed by atoms with E-state index in [-0.39, 0.29) is 10.8 Å². The predicted molar refractivity (Wildman–Crippen MR) is 88.2 cm³/mol. The summed E-state index contributed by atoms with van der Waals surface area (Å²) in [5.41, 5.74) is 0.0455. The van der Waals surface area contributed by atoms with E-state index in [9.17, 15) is 14.4 Å². The van der Waals surface area contributed by atoms with E-state index in [1.165, 1.54) is 18.9 Å². The highest BCUT2D eigenvalue weighted by Gasteiger charge is 2.18. The smallest absolute Gasteiger partial charge is 0.350 e. The molecule has 0 unspecified atom stereocenters. The molecule has 0 aliphatic rings. The summed E-state index contributed by atoms with van der Waals surface area (Å²) in [6, 6.07) is 1.11. The summed E-state index contributed by atoms with van der Waals surface area (Å²) in [6.07, 6.45) is 1.86. The number of esters is 1. The summed E-state index contributed by atoms with van der Waals surface area (Å²) in [4.78, 5) is 46.4. The minimum Gasteiger partial charge on any atom is -0.465 e. The maximum atomic E-state index is 12.2. The highest BCUT2D eigenvalue weighted by Crippen LogP contribution is 2.23. The molecule has 0 spiro atoms. The summed E-state index contributed by atoms with van der Waals surface area (Å²) in [6.45, 7) is 1.64. The van der Waals surface area contributed by atoms with Crippen LogP contribution in [0.5, 0.6) is 0 Å². The zero-order valence-corrected chi connectivity index (χ0v) is 14.3. The fourth-order valence-corrected chi connectivity index (χ4v) is 3.01. The van der Waals surface area contributed by atoms with Crippen molar-refractivity contribution >= 4 is 40.1 Å². The van der Waals surface area contributed by atoms with Gasteiger partial charge in [-0.15, -0.1) is 0 Å². The number of hydrogen-bond donors (Lipinski definition) is 2. The number of aromatic amines is 1. The Morgan fingerprint density at radius 1 is 1.43 bits per heavy atom. The van der Waals surface area contributed by atoms with Gasteiger partial charge in [0.05, 0.1) is 18.6 Å². The number of nitrogens with one attached hydrogen (secondary N) is 2. The number of methoxy groups -OCH3 is 1. The number of aromatic nitrogens is 3. The molecule has 8 nitrogen and oxygen atoms in total. The number of carbonyl (C=O) groups excluding carboxylic acids is 2. The third-order valence-electron chi connectivity index (χ3n) is 2.69. The predicted octanol–water partition coefficient (Wildman–Crippen LogP) is 1.44. The van der Waals surface area contributed by atoms with Gasteiger partial charge in [0.1, 0.15) is 16.4 Å². The van der Waals surface area contributed by atoms with E-state index in [1.54, 1.807) is 6.92 Å². The molecule has 0 aliphatic heterocycles. The van der Waals surface area contributed by atoms with Crippen molar-refractivity contribution in [3.8, 4) is 0 Å². The molecule has 122 valence electrons. The maximum Gasteiger partial charge on any atom is 0.350 e. The first kappa shape index (κ1) is 17.2. The Morgan fingerprint density at radius 3 is 2.83 bits per heavy atom. The zero-order valence-electron chi connectivity index (χ0n) is 12.6. The van der Waals surface area contributed by atoms with E-state index in [0.717, 1.165) is 17.4 Å². The second-order valence-corrected chi connectivity index (χ2v) is 6.25. The number of aryl methyl sites for hydroxylation is 1. The Balaban J connectivity index is 2.22. The monoisotopic (exact) mass is 354 g/mol. The van der Waals surface area contributed by atoms with Crippen LogP contribution in [-0.2, 0) is 10.5 Å². The van der Waals surface area contributed by atoms with E-state index in [2.05, 4.69) is 25.0 Å². The Kier molecular flexibility index (Phi) is 5.50. The topological polar surface area (TPSA) is 114 Å². The van der Waals surface area contributed by atoms with Gasteiger partial charge in [-0.1, -0.05) is 11.3 Å². The van der Waals surface area contributed by atoms with Crippen molar-refractivity contribution in [1.29, 1.82) is 0 Å². The van der Waals surface area contributed by atoms with Crippen LogP contribution in [0.3, 0.4) is 0 Å². The van der Waals surface area contributed by atoms with Crippen LogP contribution in [0, 0.1) is 6.92 Å². The average molecular weight is 354 g/mol. The molecular weight excluding hydrogens is 340 g/mol. The lowest BCUT2D eigenvalue weighted by Gasteiger charge is -2.03. The summed E-state index contributed by atoms with van der Waals surface area (Å²) >= 11 is 2.47. The standard InChI is InChI=1S/C13H14N4O4S2/c1-6-10(12(20)21-2)23-13(14-6)17-11(19)7-4-9(18)16-8(15-7)5-22-3/h4H,5H2,1-3H3,(H,14,17,19)(H,15,16,18). The van der Waals surface area contributed by atoms with Gasteiger partial charge < -0.3 is 9.72 Å². The van der Waals surface area contributed by atoms with Crippen LogP contribution in [0.15, 0.2) is 10.9 Å². The first-order valence-electron chi connectivity index (χ1n) is 6.41. The first-order valence-corrected chi connectivity index (χ1v) is 8.62. The van der Waals surface area contributed by atoms with Crippen LogP contribution in [0.2, 0.25) is 0 Å². The van der Waals surface area contributed by atoms with Crippen LogP contribution in [0.1, 0.15) is 31.7 Å². The lowest BCUT2D eigenvalue weighted by atomic mass is 10.3. The van der Waals surface area contributed by atoms with E-state index in [4.69, 9.17) is 0 Å². The van der Waals surface area contributed by atoms with Crippen LogP contribution in [0.25, 0.3) is 0 Å². The van der Waals surface area contributed by atoms with Crippen LogP contribution < -0.4 is 10.9 Å². The number of thiazole rings is 1. The molecule has 0 saturated carbocycles. The second kappa shape index (κ2) is 7.38. The van der Waals surface area contributed by atoms with Crippen molar-refractivity contribution in [3.63, 3.8) is 0 Å². The normalized spacial score (nSPS) is 10.4. The van der Waals surface area contributed by atoms with Crippen molar-refractivity contribution in [2.24, 2.45) is 0 Å². The molecule has 0 fully saturated rings. The fourth-order valence-electron chi connectivity index (χ4n) is 1.72. The Bertz CT molecular complexity index is 800. The number of thioether (sulfide) groups is 1. The van der Waals surface area contributed by atoms with Gasteiger partial charge in [-0.25, -0.2) is 14.8 Å². The lowest BCUT2D eigenvalue weighted by Crippen LogP contribution is -2.20. The average Bonchev–Trinajstić information content (AvgIpc) is 2.86. The SMILES string of the molecule is COC(=O)c1sc(NC(=O)c2cc(=O)[nH]c(CSC)n2)nc1C. The third-order valence-corrected chi connectivity index (χ3v) is 4.31. The van der Waals surface area contributed by atoms with Crippen LogP contribution in [0.4, 0.5) is 5.13 Å². The van der Waals surface area contributed by atoms with Crippen molar-refractivity contribution in [3.05, 3.63) is 38.5 Å². The molecule has 23 heavy (non-hydrogen) atoms. The van der Waals surface area contributed by atoms with Gasteiger partial charge >= 0.3 is 5.97 Å². The van der Waals surface area contributed by atoms with Crippen molar-refractivity contribution in [1.82, 2.24) is 15.0 Å². The minimum atomic E-state index is -0.566. The second-order valence-electron chi connectivity index (χ2n) is 4.39. The van der Waals surface area contributed by atoms with Crippen molar-refractivity contribution < 1.29 is 14.3 Å². The van der Waals surface area contributed by atoms with E-state index < -0.39 is 17.4 Å². The molecule has 2 rings (SSSR count). The number of amides is 1. The molecule has 2 aromatic rings. The van der Waals surface area contributed by atoms with E-state index in [0.29, 0.717) is 22.1 Å². The number of nitrogens with zero attached hydrogens (tertiary/aromatic N) is 2. The van der Waals surface area contributed by atoms with Gasteiger partial charge in [-0.3, -0.25) is 14.9 Å². The number of rotatable bonds is 5. The zero-order chi connectivity index (χ0) is 17.0. The Hall–Kier alpha value is -2.20. The number of anilines is 1. The Labute approximate surface area is 139 Å². The molecule has 0 bridgehead atoms. The lowest BCUT2D eigenvalue weighted by molar-refractivity contribution is 0.0605. The van der Waals surface area contributed by atoms with Gasteiger partial charge in [0, 0.05) is 6.07 Å². The number of H-pyrrole nitrogens is 1. The molecule has 0 saturated heterocycles. The van der Waals surface area contributed by atoms with Gasteiger partial charge in [0.15, 0.2) is 5.13 Å². The highest BCUT2D eigenvalue weighted by atomic mass is 32.2. The molecule has 2 aromatic heterocycles. The summed E-state index contributed by atoms with van der Waals surface area (Å²) in [5, 5.41) is 2.77. The highest BCUT2D eigenvalue weighted by molar-refractivity contribution is 7.97. The van der Waals surface area contributed by atoms with E-state index in [1.807, 2.05) is 6.26 Å². The van der Waals surface area contributed by atoms with Gasteiger partial charge in [-0.2, -0.15) is 11.8 Å². The molecule has 10 heteroatoms. The van der Waals surface area contributed by atoms with Gasteiger partial charge in [-0.05, 0) is 13.2 Å². The third kappa shape index (κ3) is 4.17. The van der Waals surface area contributed by atoms with Gasteiger partial charge in [0.25, 0.3) is 11.5 Å². The van der Waals surface area contributed by atoms with Crippen molar-refractivity contribution in [2.75, 3.05) is 18.7 Å². The van der Waals surface area contributed by atoms with E-state index >= 15 is 0 Å². The van der Waals surface area contributed by atoms with Crippen molar-refractivity contribution in [2.45, 2.75) is 12.7 Å². The Morgan fingerprint density at radius 2 is 2.17 bits per heavy atom. The van der Waals surface area contributed by atoms with Gasteiger partial charge in [0.2, 0.25) is 0 Å². The molecule has 0 atom stereocenters. The summed E-state index contributed by atoms with van der Waals surface area (Å²) in [7, 11) is 1.27.